The molecule has 0 aliphatic heterocycles. The van der Waals surface area contributed by atoms with E-state index in [9.17, 15) is 23.7 Å². The largest absolute Gasteiger partial charge is 0.456 e. The maximum Gasteiger partial charge on any atom is 0.438 e. The van der Waals surface area contributed by atoms with Gasteiger partial charge in [-0.15, -0.1) is 0 Å². The van der Waals surface area contributed by atoms with Crippen LogP contribution in [-0.2, 0) is 32.7 Å². The minimum Gasteiger partial charge on any atom is -0.456 e. The second-order valence-electron chi connectivity index (χ2n) is 10.4. The molecule has 0 unspecified atom stereocenters. The van der Waals surface area contributed by atoms with Crippen LogP contribution in [0.2, 0.25) is 0 Å². The van der Waals surface area contributed by atoms with Gasteiger partial charge in [-0.3, -0.25) is 23.4 Å². The smallest absolute Gasteiger partial charge is 0.438 e. The summed E-state index contributed by atoms with van der Waals surface area (Å²) in [7, 11) is -4.31. The van der Waals surface area contributed by atoms with Gasteiger partial charge in [0, 0.05) is 33.5 Å². The number of thioether (sulfide) groups is 3. The number of hydrogen-bond donors (Lipinski definition) is 0. The lowest BCUT2D eigenvalue weighted by Gasteiger charge is -2.19. The Kier molecular flexibility index (Phi) is 14.3. The zero-order valence-corrected chi connectivity index (χ0v) is 25.0. The molecule has 0 rings (SSSR count). The highest BCUT2D eigenvalue weighted by Gasteiger charge is 2.37. The van der Waals surface area contributed by atoms with Crippen molar-refractivity contribution in [3.63, 3.8) is 0 Å². The summed E-state index contributed by atoms with van der Waals surface area (Å²) in [5, 5.41) is -0.181. The summed E-state index contributed by atoms with van der Waals surface area (Å²) in [4.78, 5) is 48.5. The van der Waals surface area contributed by atoms with E-state index in [4.69, 9.17) is 13.8 Å². The Morgan fingerprint density at radius 1 is 0.588 bits per heavy atom. The van der Waals surface area contributed by atoms with Gasteiger partial charge in [-0.2, -0.15) is 0 Å². The van der Waals surface area contributed by atoms with Gasteiger partial charge in [-0.1, -0.05) is 97.6 Å². The van der Waals surface area contributed by atoms with Gasteiger partial charge in [0.2, 0.25) is 0 Å². The summed E-state index contributed by atoms with van der Waals surface area (Å²) in [6.45, 7) is 15.6. The van der Waals surface area contributed by atoms with Gasteiger partial charge in [-0.05, 0) is 0 Å². The van der Waals surface area contributed by atoms with Gasteiger partial charge < -0.3 is 4.74 Å². The minimum absolute atomic E-state index is 0.0553. The van der Waals surface area contributed by atoms with Crippen molar-refractivity contribution in [1.82, 2.24) is 0 Å². The quantitative estimate of drug-likeness (QED) is 0.199. The van der Waals surface area contributed by atoms with Crippen LogP contribution in [0, 0.1) is 16.2 Å². The van der Waals surface area contributed by atoms with E-state index in [2.05, 4.69) is 0 Å². The van der Waals surface area contributed by atoms with Crippen molar-refractivity contribution in [3.05, 3.63) is 0 Å². The lowest BCUT2D eigenvalue weighted by Crippen LogP contribution is -2.19. The number of carbonyl (C=O) groups is 4. The fourth-order valence-corrected chi connectivity index (χ4v) is 5.52. The molecule has 8 nitrogen and oxygen atoms in total. The minimum atomic E-state index is -4.31. The van der Waals surface area contributed by atoms with Crippen LogP contribution in [0.5, 0.6) is 0 Å². The molecule has 0 bridgehead atoms. The van der Waals surface area contributed by atoms with E-state index < -0.39 is 29.6 Å². The summed E-state index contributed by atoms with van der Waals surface area (Å²) in [5.74, 6) is 0.571. The molecule has 0 aliphatic rings. The highest BCUT2D eigenvalue weighted by Crippen LogP contribution is 2.50. The van der Waals surface area contributed by atoms with Crippen LogP contribution in [-0.4, -0.2) is 58.1 Å². The molecule has 0 saturated carbocycles. The summed E-state index contributed by atoms with van der Waals surface area (Å²) in [6, 6.07) is 0. The first-order chi connectivity index (χ1) is 15.3. The molecule has 0 aromatic heterocycles. The Morgan fingerprint density at radius 3 is 1.18 bits per heavy atom. The van der Waals surface area contributed by atoms with Gasteiger partial charge >= 0.3 is 13.3 Å². The summed E-state index contributed by atoms with van der Waals surface area (Å²) in [5.41, 5.74) is -2.76. The topological polar surface area (TPSA) is 113 Å². The molecule has 0 atom stereocenters. The van der Waals surface area contributed by atoms with E-state index in [1.54, 1.807) is 62.3 Å². The fourth-order valence-electron chi connectivity index (χ4n) is 1.72. The van der Waals surface area contributed by atoms with Crippen molar-refractivity contribution in [1.29, 1.82) is 0 Å². The normalized spacial score (nSPS) is 13.0. The second-order valence-corrected chi connectivity index (χ2v) is 15.5. The van der Waals surface area contributed by atoms with Crippen molar-refractivity contribution in [2.24, 2.45) is 16.2 Å². The van der Waals surface area contributed by atoms with Crippen LogP contribution in [0.3, 0.4) is 0 Å². The van der Waals surface area contributed by atoms with E-state index in [0.717, 1.165) is 35.3 Å². The average Bonchev–Trinajstić information content (AvgIpc) is 2.68. The maximum absolute atomic E-state index is 13.1. The first kappa shape index (κ1) is 33.7. The zero-order chi connectivity index (χ0) is 26.8. The molecule has 12 heteroatoms. The molecule has 0 fully saturated rings. The third kappa shape index (κ3) is 13.7. The maximum atomic E-state index is 13.1. The van der Waals surface area contributed by atoms with Crippen molar-refractivity contribution >= 4 is 63.9 Å². The predicted molar refractivity (Wildman–Crippen MR) is 142 cm³/mol. The van der Waals surface area contributed by atoms with Gasteiger partial charge in [0.15, 0.2) is 15.3 Å². The third-order valence-electron chi connectivity index (χ3n) is 3.76. The molecule has 0 heterocycles. The summed E-state index contributed by atoms with van der Waals surface area (Å²) in [6.07, 6.45) is 0. The van der Waals surface area contributed by atoms with E-state index >= 15 is 0 Å². The zero-order valence-electron chi connectivity index (χ0n) is 21.7. The van der Waals surface area contributed by atoms with Crippen LogP contribution in [0.1, 0.15) is 62.3 Å². The Morgan fingerprint density at radius 2 is 0.882 bits per heavy atom. The van der Waals surface area contributed by atoms with E-state index in [1.165, 1.54) is 0 Å². The van der Waals surface area contributed by atoms with E-state index in [1.807, 2.05) is 0 Å². The molecule has 0 saturated heterocycles. The molecule has 0 amide bonds. The average molecular weight is 559 g/mol. The fraction of sp³-hybridized carbons (Fsp3) is 0.818. The summed E-state index contributed by atoms with van der Waals surface area (Å²) >= 11 is 3.05. The molecule has 0 radical (unpaired) electrons. The Hall–Kier alpha value is -0.320. The Balaban J connectivity index is 4.91. The molecule has 0 aromatic carbocycles. The highest BCUT2D eigenvalue weighted by molar-refractivity contribution is 8.14. The van der Waals surface area contributed by atoms with Crippen LogP contribution in [0.4, 0.5) is 4.79 Å². The van der Waals surface area contributed by atoms with Gasteiger partial charge in [-0.25, -0.2) is 9.36 Å². The Bertz CT molecular complexity index is 726. The molecular formula is C22H39O8PS3. The SMILES string of the molecule is CC(C)(C)C(=O)SCCOC(=O)P(=O)(OCCSC(=O)C(C)(C)C)OCCSC(=O)C(C)(C)C. The Labute approximate surface area is 216 Å². The first-order valence-corrected chi connectivity index (χ1v) is 15.4. The van der Waals surface area contributed by atoms with Gasteiger partial charge in [0.05, 0.1) is 13.2 Å². The highest BCUT2D eigenvalue weighted by atomic mass is 32.2. The number of carbonyl (C=O) groups excluding carboxylic acids is 4. The van der Waals surface area contributed by atoms with E-state index in [-0.39, 0.29) is 52.4 Å². The monoisotopic (exact) mass is 558 g/mol. The standard InChI is InChI=1S/C22H39O8PS3/c1-20(2,3)16(23)32-13-10-28-19(26)31(27,29-11-14-33-17(24)21(4,5)6)30-12-15-34-18(25)22(7,8)9/h10-15H2,1-9H3. The van der Waals surface area contributed by atoms with Crippen LogP contribution >= 0.6 is 42.9 Å². The molecule has 0 aliphatic carbocycles. The van der Waals surface area contributed by atoms with Crippen LogP contribution in [0.25, 0.3) is 0 Å². The van der Waals surface area contributed by atoms with Gasteiger partial charge in [0.1, 0.15) is 6.61 Å². The molecule has 198 valence electrons. The van der Waals surface area contributed by atoms with Crippen molar-refractivity contribution in [2.45, 2.75) is 62.3 Å². The van der Waals surface area contributed by atoms with Crippen LogP contribution < -0.4 is 0 Å². The predicted octanol–water partition coefficient (Wildman–Crippen LogP) is 6.27. The number of hydrogen-bond acceptors (Lipinski definition) is 11. The number of ether oxygens (including phenoxy) is 1. The number of rotatable bonds is 12. The molecule has 34 heavy (non-hydrogen) atoms. The summed E-state index contributed by atoms with van der Waals surface area (Å²) < 4.78 is 28.7. The molecule has 0 aromatic rings. The van der Waals surface area contributed by atoms with Gasteiger partial charge in [0.25, 0.3) is 0 Å². The van der Waals surface area contributed by atoms with E-state index in [0.29, 0.717) is 0 Å². The first-order valence-electron chi connectivity index (χ1n) is 10.9. The third-order valence-corrected chi connectivity index (χ3v) is 9.12. The van der Waals surface area contributed by atoms with Crippen molar-refractivity contribution in [2.75, 3.05) is 37.1 Å². The van der Waals surface area contributed by atoms with Crippen molar-refractivity contribution in [3.8, 4) is 0 Å². The lowest BCUT2D eigenvalue weighted by molar-refractivity contribution is -0.118. The van der Waals surface area contributed by atoms with Crippen LogP contribution in [0.15, 0.2) is 0 Å². The second kappa shape index (κ2) is 14.4. The molecule has 0 spiro atoms. The molecule has 0 N–H and O–H groups in total. The van der Waals surface area contributed by atoms with Crippen molar-refractivity contribution < 1.29 is 37.5 Å². The molecular weight excluding hydrogens is 519 g/mol. The lowest BCUT2D eigenvalue weighted by atomic mass is 9.99.